The fourth-order valence-corrected chi connectivity index (χ4v) is 6.80. The van der Waals surface area contributed by atoms with Crippen LogP contribution in [0, 0.1) is 29.1 Å². The van der Waals surface area contributed by atoms with Crippen molar-refractivity contribution in [2.24, 2.45) is 34.8 Å². The van der Waals surface area contributed by atoms with Crippen molar-refractivity contribution in [1.82, 2.24) is 20.9 Å². The molecule has 12 nitrogen and oxygen atoms in total. The molecule has 4 aliphatic rings. The van der Waals surface area contributed by atoms with Gasteiger partial charge >= 0.3 is 12.0 Å². The number of primary amides is 1. The molecule has 3 aliphatic carbocycles. The van der Waals surface area contributed by atoms with Crippen LogP contribution < -0.4 is 21.7 Å². The number of nitrogens with zero attached hydrogens (tertiary/aromatic N) is 1. The minimum atomic E-state index is -1.15. The number of ketones is 1. The third-order valence-electron chi connectivity index (χ3n) is 9.98. The zero-order valence-electron chi connectivity index (χ0n) is 27.6. The molecule has 12 heteroatoms. The highest BCUT2D eigenvalue weighted by molar-refractivity contribution is 6.37. The van der Waals surface area contributed by atoms with Crippen LogP contribution >= 0.6 is 0 Å². The van der Waals surface area contributed by atoms with Gasteiger partial charge in [0.15, 0.2) is 0 Å². The Labute approximate surface area is 266 Å². The van der Waals surface area contributed by atoms with Crippen molar-refractivity contribution in [3.63, 3.8) is 0 Å². The van der Waals surface area contributed by atoms with Gasteiger partial charge < -0.3 is 31.3 Å². The number of carbonyl (C=O) groups excluding carboxylic acids is 6. The van der Waals surface area contributed by atoms with Gasteiger partial charge in [0.2, 0.25) is 17.6 Å². The first kappa shape index (κ1) is 34.7. The Balaban J connectivity index is 1.51. The minimum absolute atomic E-state index is 0.0458. The molecule has 0 aromatic heterocycles. The normalized spacial score (nSPS) is 24.4. The van der Waals surface area contributed by atoms with E-state index in [1.54, 1.807) is 0 Å². The average molecular weight is 632 g/mol. The zero-order valence-corrected chi connectivity index (χ0v) is 27.6. The smallest absolute Gasteiger partial charge is 0.331 e. The number of amides is 5. The third kappa shape index (κ3) is 8.76. The van der Waals surface area contributed by atoms with Crippen LogP contribution in [-0.2, 0) is 28.7 Å². The van der Waals surface area contributed by atoms with Gasteiger partial charge in [-0.3, -0.25) is 19.2 Å². The molecule has 4 rings (SSSR count). The zero-order chi connectivity index (χ0) is 33.1. The molecular weight excluding hydrogens is 578 g/mol. The van der Waals surface area contributed by atoms with Crippen LogP contribution in [0.1, 0.15) is 105 Å². The Morgan fingerprint density at radius 3 is 2.07 bits per heavy atom. The van der Waals surface area contributed by atoms with Crippen LogP contribution in [0.4, 0.5) is 4.79 Å². The van der Waals surface area contributed by atoms with E-state index in [0.29, 0.717) is 44.8 Å². The van der Waals surface area contributed by atoms with E-state index in [-0.39, 0.29) is 17.8 Å². The van der Waals surface area contributed by atoms with Gasteiger partial charge in [-0.2, -0.15) is 0 Å². The van der Waals surface area contributed by atoms with Gasteiger partial charge in [0, 0.05) is 6.54 Å². The van der Waals surface area contributed by atoms with Crippen molar-refractivity contribution in [2.45, 2.75) is 129 Å². The Morgan fingerprint density at radius 2 is 1.53 bits per heavy atom. The number of nitrogens with one attached hydrogen (secondary N) is 3. The van der Waals surface area contributed by atoms with E-state index in [2.05, 4.69) is 16.0 Å². The molecule has 3 saturated carbocycles. The van der Waals surface area contributed by atoms with Crippen LogP contribution in [0.2, 0.25) is 0 Å². The molecule has 0 radical (unpaired) electrons. The molecule has 45 heavy (non-hydrogen) atoms. The van der Waals surface area contributed by atoms with Crippen LogP contribution in [0.25, 0.3) is 0 Å². The molecular formula is C33H53N5O7. The number of hydrogen-bond donors (Lipinski definition) is 4. The Morgan fingerprint density at radius 1 is 0.911 bits per heavy atom. The largest absolute Gasteiger partial charge is 0.464 e. The monoisotopic (exact) mass is 631 g/mol. The van der Waals surface area contributed by atoms with Crippen LogP contribution in [-0.4, -0.2) is 77.2 Å². The number of Topliss-reactive ketones (excluding diaryl/α,β-unsaturated/α-hetero) is 1. The molecule has 1 saturated heterocycles. The lowest BCUT2D eigenvalue weighted by atomic mass is 9.81. The van der Waals surface area contributed by atoms with E-state index in [9.17, 15) is 28.8 Å². The first-order chi connectivity index (χ1) is 21.1. The van der Waals surface area contributed by atoms with E-state index in [1.165, 1.54) is 4.90 Å². The maximum atomic E-state index is 14.3. The number of hydrogen-bond acceptors (Lipinski definition) is 7. The second kappa shape index (κ2) is 14.1. The van der Waals surface area contributed by atoms with Crippen molar-refractivity contribution in [3.8, 4) is 0 Å². The lowest BCUT2D eigenvalue weighted by Crippen LogP contribution is -2.64. The van der Waals surface area contributed by atoms with Crippen LogP contribution in [0.15, 0.2) is 0 Å². The quantitative estimate of drug-likeness (QED) is 0.178. The molecule has 0 aromatic rings. The van der Waals surface area contributed by atoms with Gasteiger partial charge in [-0.15, -0.1) is 0 Å². The van der Waals surface area contributed by atoms with Crippen molar-refractivity contribution < 1.29 is 33.5 Å². The summed E-state index contributed by atoms with van der Waals surface area (Å²) in [5, 5.41) is 8.52. The summed E-state index contributed by atoms with van der Waals surface area (Å²) in [5.74, 6) is -2.81. The topological polar surface area (TPSA) is 177 Å². The van der Waals surface area contributed by atoms with E-state index in [4.69, 9.17) is 10.5 Å². The summed E-state index contributed by atoms with van der Waals surface area (Å²) in [6.45, 7) is 10.1. The number of urea groups is 1. The molecule has 0 bridgehead atoms. The van der Waals surface area contributed by atoms with Gasteiger partial charge in [-0.25, -0.2) is 9.59 Å². The third-order valence-corrected chi connectivity index (χ3v) is 9.98. The molecule has 1 unspecified atom stereocenters. The van der Waals surface area contributed by atoms with Gasteiger partial charge in [0.1, 0.15) is 17.6 Å². The highest BCUT2D eigenvalue weighted by Gasteiger charge is 2.49. The van der Waals surface area contributed by atoms with E-state index in [1.807, 2.05) is 34.6 Å². The van der Waals surface area contributed by atoms with E-state index in [0.717, 1.165) is 44.9 Å². The Bertz CT molecular complexity index is 1150. The second-order valence-electron chi connectivity index (χ2n) is 15.2. The summed E-state index contributed by atoms with van der Waals surface area (Å²) in [4.78, 5) is 80.8. The molecule has 1 heterocycles. The number of likely N-dealkylation sites (tertiary alicyclic amines) is 1. The lowest BCUT2D eigenvalue weighted by Gasteiger charge is -2.39. The fourth-order valence-electron chi connectivity index (χ4n) is 6.80. The van der Waals surface area contributed by atoms with Gasteiger partial charge in [-0.1, -0.05) is 66.7 Å². The SMILES string of the molecule is CC(C)[C@H]1CCN(C(=O)[C@@H](NC(=O)NC2(C(=O)OCC3CC3)CCCCC2)C(C)(C)C)[C@@H]1C(=O)NC(CC1CC1)C(=O)C(N)=O. The number of carbonyl (C=O) groups is 6. The van der Waals surface area contributed by atoms with Crippen molar-refractivity contribution in [2.75, 3.05) is 13.2 Å². The highest BCUT2D eigenvalue weighted by atomic mass is 16.5. The first-order valence-corrected chi connectivity index (χ1v) is 16.8. The summed E-state index contributed by atoms with van der Waals surface area (Å²) in [7, 11) is 0. The molecule has 252 valence electrons. The second-order valence-corrected chi connectivity index (χ2v) is 15.2. The standard InChI is InChI=1S/C33H53N5O7/c1-19(2)22-13-16-38(24(22)28(41)35-23(17-20-9-10-20)25(39)27(34)40)29(42)26(32(3,4)5)36-31(44)37-33(14-7-6-8-15-33)30(43)45-18-21-11-12-21/h19-24,26H,6-18H2,1-5H3,(H2,34,40)(H,35,41)(H2,36,37,44)/t22-,23?,24+,26-/m1/s1. The molecule has 4 fully saturated rings. The molecule has 0 aromatic carbocycles. The molecule has 1 aliphatic heterocycles. The molecule has 4 atom stereocenters. The number of rotatable bonds is 13. The van der Waals surface area contributed by atoms with E-state index < -0.39 is 64.6 Å². The Hall–Kier alpha value is -3.18. The highest BCUT2D eigenvalue weighted by Crippen LogP contribution is 2.36. The number of nitrogens with two attached hydrogens (primary N) is 1. The predicted molar refractivity (Wildman–Crippen MR) is 166 cm³/mol. The Kier molecular flexibility index (Phi) is 10.8. The summed E-state index contributed by atoms with van der Waals surface area (Å²) in [6, 6.07) is -3.58. The van der Waals surface area contributed by atoms with Crippen LogP contribution in [0.5, 0.6) is 0 Å². The van der Waals surface area contributed by atoms with Crippen molar-refractivity contribution in [3.05, 3.63) is 0 Å². The average Bonchev–Trinajstić information content (AvgIpc) is 3.91. The predicted octanol–water partition coefficient (Wildman–Crippen LogP) is 2.57. The molecule has 5 amide bonds. The summed E-state index contributed by atoms with van der Waals surface area (Å²) in [5.41, 5.74) is 3.41. The summed E-state index contributed by atoms with van der Waals surface area (Å²) < 4.78 is 5.62. The lowest BCUT2D eigenvalue weighted by molar-refractivity contribution is -0.153. The number of ether oxygens (including phenoxy) is 1. The fraction of sp³-hybridized carbons (Fsp3) is 0.818. The molecule has 0 spiro atoms. The maximum Gasteiger partial charge on any atom is 0.331 e. The summed E-state index contributed by atoms with van der Waals surface area (Å²) >= 11 is 0. The van der Waals surface area contributed by atoms with Crippen LogP contribution in [0.3, 0.4) is 0 Å². The summed E-state index contributed by atoms with van der Waals surface area (Å²) in [6.07, 6.45) is 8.27. The van der Waals surface area contributed by atoms with Crippen molar-refractivity contribution >= 4 is 35.5 Å². The maximum absolute atomic E-state index is 14.3. The minimum Gasteiger partial charge on any atom is -0.464 e. The van der Waals surface area contributed by atoms with Gasteiger partial charge in [0.25, 0.3) is 5.91 Å². The van der Waals surface area contributed by atoms with Gasteiger partial charge in [-0.05, 0) is 67.6 Å². The van der Waals surface area contributed by atoms with Gasteiger partial charge in [0.05, 0.1) is 12.6 Å². The molecule has 5 N–H and O–H groups in total. The first-order valence-electron chi connectivity index (χ1n) is 16.8. The van der Waals surface area contributed by atoms with Crippen molar-refractivity contribution in [1.29, 1.82) is 0 Å². The van der Waals surface area contributed by atoms with E-state index >= 15 is 0 Å². The number of esters is 1.